The predicted octanol–water partition coefficient (Wildman–Crippen LogP) is 0.698. The van der Waals surface area contributed by atoms with Crippen LogP contribution in [-0.2, 0) is 9.59 Å². The molecule has 0 aromatic carbocycles. The molecule has 1 fully saturated rings. The summed E-state index contributed by atoms with van der Waals surface area (Å²) in [4.78, 5) is 24.4. The molecule has 0 saturated carbocycles. The van der Waals surface area contributed by atoms with Gasteiger partial charge in [-0.25, -0.2) is 0 Å². The van der Waals surface area contributed by atoms with Crippen molar-refractivity contribution < 1.29 is 14.7 Å². The molecule has 1 saturated heterocycles. The van der Waals surface area contributed by atoms with Gasteiger partial charge in [0.05, 0.1) is 0 Å². The normalized spacial score (nSPS) is 19.0. The Morgan fingerprint density at radius 3 is 2.24 bits per heavy atom. The number of nitrogens with zero attached hydrogens (tertiary/aromatic N) is 1. The van der Waals surface area contributed by atoms with Crippen molar-refractivity contribution in [1.29, 1.82) is 0 Å². The minimum Gasteiger partial charge on any atom is -0.480 e. The van der Waals surface area contributed by atoms with Gasteiger partial charge in [0.25, 0.3) is 0 Å². The van der Waals surface area contributed by atoms with Crippen molar-refractivity contribution in [2.24, 2.45) is 5.92 Å². The SMILES string of the molecule is CC(C)(C)N1CCC(C(=O)NCC(=O)O)CC1. The zero-order chi connectivity index (χ0) is 13.1. The second kappa shape index (κ2) is 5.49. The molecule has 5 nitrogen and oxygen atoms in total. The highest BCUT2D eigenvalue weighted by Crippen LogP contribution is 2.23. The summed E-state index contributed by atoms with van der Waals surface area (Å²) in [7, 11) is 0. The van der Waals surface area contributed by atoms with E-state index in [2.05, 4.69) is 31.0 Å². The molecule has 98 valence electrons. The number of nitrogens with one attached hydrogen (secondary N) is 1. The van der Waals surface area contributed by atoms with Gasteiger partial charge in [-0.3, -0.25) is 14.5 Å². The fraction of sp³-hybridized carbons (Fsp3) is 0.833. The van der Waals surface area contributed by atoms with Gasteiger partial charge in [0.2, 0.25) is 5.91 Å². The molecule has 0 radical (unpaired) electrons. The highest BCUT2D eigenvalue weighted by molar-refractivity contribution is 5.82. The van der Waals surface area contributed by atoms with Crippen molar-refractivity contribution in [3.8, 4) is 0 Å². The van der Waals surface area contributed by atoms with Gasteiger partial charge in [-0.1, -0.05) is 0 Å². The van der Waals surface area contributed by atoms with Gasteiger partial charge in [-0.15, -0.1) is 0 Å². The molecule has 2 N–H and O–H groups in total. The summed E-state index contributed by atoms with van der Waals surface area (Å²) in [5, 5.41) is 10.9. The number of hydrogen-bond acceptors (Lipinski definition) is 3. The minimum absolute atomic E-state index is 0.0343. The molecular formula is C12H22N2O3. The third-order valence-corrected chi connectivity index (χ3v) is 3.23. The predicted molar refractivity (Wildman–Crippen MR) is 64.7 cm³/mol. The van der Waals surface area contributed by atoms with Crippen molar-refractivity contribution in [2.75, 3.05) is 19.6 Å². The van der Waals surface area contributed by atoms with E-state index in [1.165, 1.54) is 0 Å². The number of hydrogen-bond donors (Lipinski definition) is 2. The first-order valence-electron chi connectivity index (χ1n) is 6.05. The molecule has 0 bridgehead atoms. The lowest BCUT2D eigenvalue weighted by Gasteiger charge is -2.40. The maximum absolute atomic E-state index is 11.7. The van der Waals surface area contributed by atoms with Crippen molar-refractivity contribution in [3.05, 3.63) is 0 Å². The van der Waals surface area contributed by atoms with Crippen molar-refractivity contribution in [1.82, 2.24) is 10.2 Å². The van der Waals surface area contributed by atoms with Gasteiger partial charge in [-0.2, -0.15) is 0 Å². The topological polar surface area (TPSA) is 69.6 Å². The van der Waals surface area contributed by atoms with Gasteiger partial charge in [-0.05, 0) is 46.7 Å². The monoisotopic (exact) mass is 242 g/mol. The van der Waals surface area contributed by atoms with Crippen LogP contribution in [0, 0.1) is 5.92 Å². The van der Waals surface area contributed by atoms with Gasteiger partial charge in [0, 0.05) is 11.5 Å². The van der Waals surface area contributed by atoms with E-state index in [9.17, 15) is 9.59 Å². The molecule has 1 rings (SSSR count). The quantitative estimate of drug-likeness (QED) is 0.764. The number of carbonyl (C=O) groups excluding carboxylic acids is 1. The number of rotatable bonds is 3. The molecule has 0 unspecified atom stereocenters. The fourth-order valence-corrected chi connectivity index (χ4v) is 2.12. The number of carboxylic acid groups (broad SMARTS) is 1. The summed E-state index contributed by atoms with van der Waals surface area (Å²) in [6.07, 6.45) is 1.62. The van der Waals surface area contributed by atoms with Crippen LogP contribution in [0.3, 0.4) is 0 Å². The Hall–Kier alpha value is -1.10. The van der Waals surface area contributed by atoms with Crippen LogP contribution in [-0.4, -0.2) is 47.1 Å². The second-order valence-corrected chi connectivity index (χ2v) is 5.54. The summed E-state index contributed by atoms with van der Waals surface area (Å²) in [5.41, 5.74) is 0.141. The highest BCUT2D eigenvalue weighted by atomic mass is 16.4. The summed E-state index contributed by atoms with van der Waals surface area (Å²) in [5.74, 6) is -1.15. The van der Waals surface area contributed by atoms with Gasteiger partial charge < -0.3 is 10.4 Å². The van der Waals surface area contributed by atoms with E-state index in [0.29, 0.717) is 0 Å². The Labute approximate surface area is 102 Å². The van der Waals surface area contributed by atoms with E-state index in [-0.39, 0.29) is 23.9 Å². The molecule has 0 aliphatic carbocycles. The van der Waals surface area contributed by atoms with Crippen LogP contribution in [0.2, 0.25) is 0 Å². The molecule has 1 heterocycles. The number of aliphatic carboxylic acids is 1. The Morgan fingerprint density at radius 2 is 1.82 bits per heavy atom. The number of piperidine rings is 1. The van der Waals surface area contributed by atoms with E-state index < -0.39 is 5.97 Å². The number of amides is 1. The highest BCUT2D eigenvalue weighted by Gasteiger charge is 2.30. The maximum atomic E-state index is 11.7. The standard InChI is InChI=1S/C12H22N2O3/c1-12(2,3)14-6-4-9(5-7-14)11(17)13-8-10(15)16/h9H,4-8H2,1-3H3,(H,13,17)(H,15,16). The summed E-state index contributed by atoms with van der Waals surface area (Å²) < 4.78 is 0. The Bertz CT molecular complexity index is 289. The van der Waals surface area contributed by atoms with Crippen molar-refractivity contribution >= 4 is 11.9 Å². The van der Waals surface area contributed by atoms with Crippen LogP contribution < -0.4 is 5.32 Å². The molecule has 17 heavy (non-hydrogen) atoms. The lowest BCUT2D eigenvalue weighted by Crippen LogP contribution is -2.48. The first-order chi connectivity index (χ1) is 7.80. The Morgan fingerprint density at radius 1 is 1.29 bits per heavy atom. The molecule has 0 spiro atoms. The Kier molecular flexibility index (Phi) is 4.51. The number of carboxylic acids is 1. The molecule has 1 amide bonds. The van der Waals surface area contributed by atoms with Crippen molar-refractivity contribution in [3.63, 3.8) is 0 Å². The lowest BCUT2D eigenvalue weighted by molar-refractivity contribution is -0.138. The number of likely N-dealkylation sites (tertiary alicyclic amines) is 1. The largest absolute Gasteiger partial charge is 0.480 e. The molecule has 0 aromatic heterocycles. The lowest BCUT2D eigenvalue weighted by atomic mass is 9.92. The molecule has 0 aromatic rings. The van der Waals surface area contributed by atoms with Crippen LogP contribution in [0.5, 0.6) is 0 Å². The molecule has 5 heteroatoms. The smallest absolute Gasteiger partial charge is 0.322 e. The van der Waals surface area contributed by atoms with Gasteiger partial charge >= 0.3 is 5.97 Å². The van der Waals surface area contributed by atoms with Gasteiger partial charge in [0.1, 0.15) is 6.54 Å². The zero-order valence-electron chi connectivity index (χ0n) is 10.8. The van der Waals surface area contributed by atoms with E-state index in [4.69, 9.17) is 5.11 Å². The van der Waals surface area contributed by atoms with Crippen LogP contribution in [0.1, 0.15) is 33.6 Å². The average molecular weight is 242 g/mol. The fourth-order valence-electron chi connectivity index (χ4n) is 2.12. The first-order valence-corrected chi connectivity index (χ1v) is 6.05. The van der Waals surface area contributed by atoms with Crippen LogP contribution in [0.25, 0.3) is 0 Å². The molecule has 0 atom stereocenters. The van der Waals surface area contributed by atoms with Crippen LogP contribution >= 0.6 is 0 Å². The summed E-state index contributed by atoms with van der Waals surface area (Å²) in [6.45, 7) is 8.01. The van der Waals surface area contributed by atoms with E-state index >= 15 is 0 Å². The summed E-state index contributed by atoms with van der Waals surface area (Å²) >= 11 is 0. The maximum Gasteiger partial charge on any atom is 0.322 e. The third kappa shape index (κ3) is 4.34. The minimum atomic E-state index is -0.995. The van der Waals surface area contributed by atoms with E-state index in [1.807, 2.05) is 0 Å². The molecule has 1 aliphatic rings. The van der Waals surface area contributed by atoms with Crippen molar-refractivity contribution in [2.45, 2.75) is 39.2 Å². The van der Waals surface area contributed by atoms with E-state index in [0.717, 1.165) is 25.9 Å². The third-order valence-electron chi connectivity index (χ3n) is 3.23. The van der Waals surface area contributed by atoms with Gasteiger partial charge in [0.15, 0.2) is 0 Å². The average Bonchev–Trinajstić information content (AvgIpc) is 2.25. The first kappa shape index (κ1) is 14.0. The Balaban J connectivity index is 2.36. The van der Waals surface area contributed by atoms with Crippen LogP contribution in [0.4, 0.5) is 0 Å². The van der Waals surface area contributed by atoms with Crippen LogP contribution in [0.15, 0.2) is 0 Å². The second-order valence-electron chi connectivity index (χ2n) is 5.54. The number of carbonyl (C=O) groups is 2. The van der Waals surface area contributed by atoms with E-state index in [1.54, 1.807) is 0 Å². The summed E-state index contributed by atoms with van der Waals surface area (Å²) in [6, 6.07) is 0. The molecular weight excluding hydrogens is 220 g/mol. The zero-order valence-corrected chi connectivity index (χ0v) is 10.8. The molecule has 1 aliphatic heterocycles.